The van der Waals surface area contributed by atoms with Crippen LogP contribution in [0.3, 0.4) is 0 Å². The highest BCUT2D eigenvalue weighted by Gasteiger charge is 2.27. The first-order chi connectivity index (χ1) is 23.8. The molecule has 2 rings (SSSR count). The summed E-state index contributed by atoms with van der Waals surface area (Å²) in [6.45, 7) is 13.0. The fraction of sp³-hybridized carbons (Fsp3) is 0.667. The molecule has 0 aliphatic heterocycles. The highest BCUT2D eigenvalue weighted by Crippen LogP contribution is 2.21. The number of carboxylic acids is 1. The summed E-state index contributed by atoms with van der Waals surface area (Å²) in [6.07, 6.45) is 16.7. The molecule has 0 saturated heterocycles. The molecule has 0 bridgehead atoms. The Bertz CT molecular complexity index is 1110. The largest absolute Gasteiger partial charge is 0.478 e. The number of anilines is 2. The van der Waals surface area contributed by atoms with Crippen LogP contribution in [0.4, 0.5) is 11.4 Å². The summed E-state index contributed by atoms with van der Waals surface area (Å²) in [5.41, 5.74) is 3.88. The van der Waals surface area contributed by atoms with Gasteiger partial charge in [0.1, 0.15) is 0 Å². The van der Waals surface area contributed by atoms with Crippen LogP contribution in [0.15, 0.2) is 48.5 Å². The van der Waals surface area contributed by atoms with Gasteiger partial charge in [-0.25, -0.2) is 9.59 Å². The number of carbonyl (C=O) groups excluding carboxylic acids is 1. The first kappa shape index (κ1) is 42.1. The van der Waals surface area contributed by atoms with E-state index in [9.17, 15) is 19.8 Å². The van der Waals surface area contributed by atoms with E-state index in [0.717, 1.165) is 61.5 Å². The molecule has 2 unspecified atom stereocenters. The van der Waals surface area contributed by atoms with E-state index in [-0.39, 0.29) is 12.8 Å². The molecule has 2 aromatic rings. The van der Waals surface area contributed by atoms with Gasteiger partial charge in [-0.2, -0.15) is 0 Å². The second kappa shape index (κ2) is 25.8. The van der Waals surface area contributed by atoms with Gasteiger partial charge >= 0.3 is 11.9 Å². The van der Waals surface area contributed by atoms with Crippen LogP contribution in [0.25, 0.3) is 0 Å². The lowest BCUT2D eigenvalue weighted by atomic mass is 10.1. The highest BCUT2D eigenvalue weighted by molar-refractivity contribution is 5.80. The number of esters is 1. The van der Waals surface area contributed by atoms with Gasteiger partial charge in [-0.3, -0.25) is 0 Å². The standard InChI is InChI=1S/C42H68N2O5/c1-5-9-13-17-29-43(30-18-14-10-6-2)37-25-21-35(22-26-37)33-39(45)42(48)49-40(41(46)47)34-36-23-27-38(28-24-36)44(31-19-15-11-7-3)32-20-16-12-8-4/h21-28,39-40,45H,5-20,29-34H2,1-4H3,(H,46,47). The minimum atomic E-state index is -1.44. The molecule has 0 aliphatic rings. The zero-order chi connectivity index (χ0) is 35.7. The number of hydrogen-bond acceptors (Lipinski definition) is 6. The van der Waals surface area contributed by atoms with Gasteiger partial charge in [0.05, 0.1) is 0 Å². The van der Waals surface area contributed by atoms with Crippen molar-refractivity contribution in [1.82, 2.24) is 0 Å². The summed E-state index contributed by atoms with van der Waals surface area (Å²) < 4.78 is 5.36. The second-order valence-electron chi connectivity index (χ2n) is 13.7. The van der Waals surface area contributed by atoms with Crippen molar-refractivity contribution in [2.24, 2.45) is 0 Å². The number of nitrogens with zero attached hydrogens (tertiary/aromatic N) is 2. The topological polar surface area (TPSA) is 90.3 Å². The number of aliphatic hydroxyl groups excluding tert-OH is 1. The number of hydrogen-bond donors (Lipinski definition) is 2. The number of rotatable bonds is 29. The third kappa shape index (κ3) is 17.4. The molecule has 0 aromatic heterocycles. The molecule has 7 heteroatoms. The summed E-state index contributed by atoms with van der Waals surface area (Å²) in [4.78, 5) is 29.8. The van der Waals surface area contributed by atoms with Crippen molar-refractivity contribution in [3.63, 3.8) is 0 Å². The van der Waals surface area contributed by atoms with Crippen molar-refractivity contribution in [2.75, 3.05) is 36.0 Å². The minimum absolute atomic E-state index is 0.0438. The molecule has 0 heterocycles. The average molecular weight is 681 g/mol. The van der Waals surface area contributed by atoms with Gasteiger partial charge in [0.15, 0.2) is 6.10 Å². The lowest BCUT2D eigenvalue weighted by Gasteiger charge is -2.25. The first-order valence-corrected chi connectivity index (χ1v) is 19.6. The maximum absolute atomic E-state index is 12.9. The third-order valence-electron chi connectivity index (χ3n) is 9.39. The summed E-state index contributed by atoms with van der Waals surface area (Å²) in [5.74, 6) is -2.13. The maximum atomic E-state index is 12.9. The van der Waals surface area contributed by atoms with Gasteiger partial charge in [0.2, 0.25) is 6.10 Å². The van der Waals surface area contributed by atoms with Crippen LogP contribution < -0.4 is 9.80 Å². The molecule has 2 aromatic carbocycles. The van der Waals surface area contributed by atoms with Crippen molar-refractivity contribution in [3.05, 3.63) is 59.7 Å². The van der Waals surface area contributed by atoms with Crippen molar-refractivity contribution in [3.8, 4) is 0 Å². The molecule has 2 atom stereocenters. The molecule has 0 saturated carbocycles. The van der Waals surface area contributed by atoms with E-state index in [2.05, 4.69) is 49.6 Å². The molecule has 2 N–H and O–H groups in total. The number of ether oxygens (including phenoxy) is 1. The quantitative estimate of drug-likeness (QED) is 0.0653. The van der Waals surface area contributed by atoms with E-state index in [4.69, 9.17) is 4.74 Å². The highest BCUT2D eigenvalue weighted by atomic mass is 16.6. The normalized spacial score (nSPS) is 12.4. The summed E-state index contributed by atoms with van der Waals surface area (Å²) >= 11 is 0. The van der Waals surface area contributed by atoms with Crippen molar-refractivity contribution in [2.45, 2.75) is 155 Å². The van der Waals surface area contributed by atoms with Crippen LogP contribution in [-0.2, 0) is 27.2 Å². The Morgan fingerprint density at radius 1 is 0.551 bits per heavy atom. The molecule has 0 fully saturated rings. The van der Waals surface area contributed by atoms with Crippen LogP contribution in [0.2, 0.25) is 0 Å². The zero-order valence-corrected chi connectivity index (χ0v) is 31.3. The van der Waals surface area contributed by atoms with Gasteiger partial charge in [-0.05, 0) is 61.1 Å². The molecular weight excluding hydrogens is 612 g/mol. The van der Waals surface area contributed by atoms with Gasteiger partial charge in [0.25, 0.3) is 0 Å². The number of carboxylic acid groups (broad SMARTS) is 1. The number of aliphatic hydroxyl groups is 1. The molecule has 0 aliphatic carbocycles. The van der Waals surface area contributed by atoms with Crippen LogP contribution in [-0.4, -0.2) is 60.5 Å². The van der Waals surface area contributed by atoms with E-state index < -0.39 is 24.1 Å². The number of carbonyl (C=O) groups is 2. The monoisotopic (exact) mass is 681 g/mol. The number of aliphatic carboxylic acids is 1. The SMILES string of the molecule is CCCCCCN(CCCCCC)c1ccc(CC(O)C(=O)OC(Cc2ccc(N(CCCCCC)CCCCCC)cc2)C(=O)O)cc1. The minimum Gasteiger partial charge on any atom is -0.478 e. The van der Waals surface area contributed by atoms with Gasteiger partial charge < -0.3 is 24.7 Å². The smallest absolute Gasteiger partial charge is 0.345 e. The van der Waals surface area contributed by atoms with Gasteiger partial charge in [-0.15, -0.1) is 0 Å². The Balaban J connectivity index is 1.97. The molecule has 0 spiro atoms. The number of unbranched alkanes of at least 4 members (excludes halogenated alkanes) is 12. The van der Waals surface area contributed by atoms with E-state index in [0.29, 0.717) is 0 Å². The lowest BCUT2D eigenvalue weighted by Crippen LogP contribution is -2.35. The second-order valence-corrected chi connectivity index (χ2v) is 13.7. The Hall–Kier alpha value is -3.06. The zero-order valence-electron chi connectivity index (χ0n) is 31.3. The van der Waals surface area contributed by atoms with E-state index in [1.807, 2.05) is 36.4 Å². The number of benzene rings is 2. The fourth-order valence-corrected chi connectivity index (χ4v) is 6.26. The predicted molar refractivity (Wildman–Crippen MR) is 205 cm³/mol. The van der Waals surface area contributed by atoms with E-state index >= 15 is 0 Å². The third-order valence-corrected chi connectivity index (χ3v) is 9.39. The first-order valence-electron chi connectivity index (χ1n) is 19.6. The summed E-state index contributed by atoms with van der Waals surface area (Å²) in [6, 6.07) is 16.0. The molecular formula is C42H68N2O5. The van der Waals surface area contributed by atoms with Crippen molar-refractivity contribution >= 4 is 23.3 Å². The molecule has 276 valence electrons. The maximum Gasteiger partial charge on any atom is 0.345 e. The fourth-order valence-electron chi connectivity index (χ4n) is 6.26. The average Bonchev–Trinajstić information content (AvgIpc) is 3.10. The van der Waals surface area contributed by atoms with Crippen molar-refractivity contribution in [1.29, 1.82) is 0 Å². The van der Waals surface area contributed by atoms with E-state index in [1.165, 1.54) is 89.9 Å². The Kier molecular flexibility index (Phi) is 22.2. The van der Waals surface area contributed by atoms with Crippen LogP contribution in [0, 0.1) is 0 Å². The van der Waals surface area contributed by atoms with Gasteiger partial charge in [-0.1, -0.05) is 129 Å². The Morgan fingerprint density at radius 3 is 1.22 bits per heavy atom. The van der Waals surface area contributed by atoms with Crippen molar-refractivity contribution < 1.29 is 24.5 Å². The van der Waals surface area contributed by atoms with Crippen LogP contribution in [0.1, 0.15) is 142 Å². The molecule has 7 nitrogen and oxygen atoms in total. The lowest BCUT2D eigenvalue weighted by molar-refractivity contribution is -0.170. The molecule has 0 radical (unpaired) electrons. The molecule has 0 amide bonds. The van der Waals surface area contributed by atoms with Crippen LogP contribution >= 0.6 is 0 Å². The summed E-state index contributed by atoms with van der Waals surface area (Å²) in [5, 5.41) is 20.6. The van der Waals surface area contributed by atoms with Gasteiger partial charge in [0, 0.05) is 50.4 Å². The van der Waals surface area contributed by atoms with E-state index in [1.54, 1.807) is 0 Å². The Morgan fingerprint density at radius 2 is 0.898 bits per heavy atom. The van der Waals surface area contributed by atoms with Crippen LogP contribution in [0.5, 0.6) is 0 Å². The predicted octanol–water partition coefficient (Wildman–Crippen LogP) is 9.76. The Labute approximate surface area is 298 Å². The molecule has 49 heavy (non-hydrogen) atoms. The summed E-state index contributed by atoms with van der Waals surface area (Å²) in [7, 11) is 0.